The van der Waals surface area contributed by atoms with E-state index >= 15 is 0 Å². The van der Waals surface area contributed by atoms with Gasteiger partial charge < -0.3 is 5.11 Å². The van der Waals surface area contributed by atoms with E-state index in [2.05, 4.69) is 16.0 Å². The molecule has 230 valence electrons. The number of hydrogen-bond acceptors (Lipinski definition) is 5. The number of aromatic carboxylic acids is 1. The molecular formula is C38H24F3N3O3. The summed E-state index contributed by atoms with van der Waals surface area (Å²) in [5.41, 5.74) is 3.74. The Labute approximate surface area is 266 Å². The maximum atomic E-state index is 14.1. The fourth-order valence-corrected chi connectivity index (χ4v) is 6.97. The lowest BCUT2D eigenvalue weighted by Crippen LogP contribution is -2.26. The van der Waals surface area contributed by atoms with Gasteiger partial charge in [-0.1, -0.05) is 66.7 Å². The molecule has 1 N–H and O–H groups in total. The first kappa shape index (κ1) is 29.8. The Hall–Kier alpha value is -5.88. The van der Waals surface area contributed by atoms with Crippen LogP contribution < -0.4 is 0 Å². The number of ketones is 1. The highest BCUT2D eigenvalue weighted by Crippen LogP contribution is 2.50. The van der Waals surface area contributed by atoms with E-state index in [-0.39, 0.29) is 23.6 Å². The fraction of sp³-hybridized carbons (Fsp3) is 0.132. The van der Waals surface area contributed by atoms with Gasteiger partial charge in [0.2, 0.25) is 5.82 Å². The molecule has 1 aromatic heterocycles. The molecule has 2 atom stereocenters. The van der Waals surface area contributed by atoms with E-state index < -0.39 is 29.5 Å². The van der Waals surface area contributed by atoms with E-state index in [9.17, 15) is 33.1 Å². The third-order valence-electron chi connectivity index (χ3n) is 9.00. The van der Waals surface area contributed by atoms with Crippen LogP contribution in [0.4, 0.5) is 13.2 Å². The number of Topliss-reactive ketones (excluding diaryl/α,β-unsaturated/α-hetero) is 1. The molecule has 0 amide bonds. The third kappa shape index (κ3) is 4.99. The van der Waals surface area contributed by atoms with Crippen LogP contribution in [0.1, 0.15) is 67.8 Å². The van der Waals surface area contributed by atoms with Crippen molar-refractivity contribution in [3.05, 3.63) is 142 Å². The van der Waals surface area contributed by atoms with Gasteiger partial charge in [0, 0.05) is 24.1 Å². The molecular weight excluding hydrogens is 603 g/mol. The van der Waals surface area contributed by atoms with Crippen LogP contribution in [0.2, 0.25) is 0 Å². The fourth-order valence-electron chi connectivity index (χ4n) is 6.97. The van der Waals surface area contributed by atoms with Crippen molar-refractivity contribution in [1.29, 1.82) is 5.26 Å². The smallest absolute Gasteiger partial charge is 0.416 e. The highest BCUT2D eigenvalue weighted by molar-refractivity contribution is 6.18. The van der Waals surface area contributed by atoms with Crippen molar-refractivity contribution in [2.24, 2.45) is 0 Å². The largest absolute Gasteiger partial charge is 0.475 e. The molecule has 7 rings (SSSR count). The van der Waals surface area contributed by atoms with Crippen LogP contribution in [0.15, 0.2) is 97.2 Å². The Morgan fingerprint density at radius 2 is 1.66 bits per heavy atom. The second-order valence-electron chi connectivity index (χ2n) is 11.6. The van der Waals surface area contributed by atoms with Crippen LogP contribution in [0.25, 0.3) is 32.8 Å². The van der Waals surface area contributed by atoms with E-state index in [0.29, 0.717) is 22.4 Å². The number of fused-ring (bicyclic) bond motifs is 5. The highest BCUT2D eigenvalue weighted by Gasteiger charge is 2.39. The summed E-state index contributed by atoms with van der Waals surface area (Å²) in [6, 6.07) is 27.1. The zero-order valence-electron chi connectivity index (χ0n) is 24.8. The molecule has 0 bridgehead atoms. The summed E-state index contributed by atoms with van der Waals surface area (Å²) >= 11 is 0. The van der Waals surface area contributed by atoms with Gasteiger partial charge in [0.25, 0.3) is 0 Å². The second-order valence-corrected chi connectivity index (χ2v) is 11.6. The van der Waals surface area contributed by atoms with Crippen molar-refractivity contribution in [3.8, 4) is 17.3 Å². The predicted octanol–water partition coefficient (Wildman–Crippen LogP) is 8.58. The molecule has 9 heteroatoms. The lowest BCUT2D eigenvalue weighted by atomic mass is 9.68. The number of halogens is 3. The van der Waals surface area contributed by atoms with Gasteiger partial charge in [-0.25, -0.2) is 14.8 Å². The summed E-state index contributed by atoms with van der Waals surface area (Å²) in [5.74, 6) is -3.40. The number of alkyl halides is 3. The van der Waals surface area contributed by atoms with Crippen molar-refractivity contribution < 1.29 is 27.9 Å². The Kier molecular flexibility index (Phi) is 7.09. The van der Waals surface area contributed by atoms with E-state index in [4.69, 9.17) is 0 Å². The van der Waals surface area contributed by atoms with Crippen molar-refractivity contribution in [2.45, 2.75) is 31.4 Å². The van der Waals surface area contributed by atoms with E-state index in [1.807, 2.05) is 43.3 Å². The van der Waals surface area contributed by atoms with Crippen LogP contribution in [-0.4, -0.2) is 26.8 Å². The number of benzene rings is 5. The molecule has 0 aliphatic heterocycles. The number of nitrogens with zero attached hydrogens (tertiary/aromatic N) is 3. The van der Waals surface area contributed by atoms with Crippen molar-refractivity contribution in [2.75, 3.05) is 0 Å². The molecule has 0 saturated heterocycles. The van der Waals surface area contributed by atoms with Gasteiger partial charge in [0.15, 0.2) is 0 Å². The number of nitriles is 1. The van der Waals surface area contributed by atoms with Gasteiger partial charge >= 0.3 is 12.1 Å². The topological polar surface area (TPSA) is 104 Å². The zero-order valence-corrected chi connectivity index (χ0v) is 24.8. The van der Waals surface area contributed by atoms with Gasteiger partial charge in [-0.3, -0.25) is 4.79 Å². The van der Waals surface area contributed by atoms with Crippen molar-refractivity contribution in [1.82, 2.24) is 9.97 Å². The number of hydrogen-bond donors (Lipinski definition) is 1. The maximum absolute atomic E-state index is 14.1. The van der Waals surface area contributed by atoms with Crippen molar-refractivity contribution in [3.63, 3.8) is 0 Å². The molecule has 2 unspecified atom stereocenters. The quantitative estimate of drug-likeness (QED) is 0.196. The average molecular weight is 628 g/mol. The first-order chi connectivity index (χ1) is 22.6. The minimum atomic E-state index is -4.59. The number of aromatic nitrogens is 2. The number of carbonyl (C=O) groups excluding carboxylic acids is 1. The number of rotatable bonds is 4. The van der Waals surface area contributed by atoms with Gasteiger partial charge in [-0.15, -0.1) is 0 Å². The molecule has 1 heterocycles. The lowest BCUT2D eigenvalue weighted by Gasteiger charge is -2.34. The summed E-state index contributed by atoms with van der Waals surface area (Å²) in [6.07, 6.45) is -3.22. The van der Waals surface area contributed by atoms with Crippen LogP contribution in [-0.2, 0) is 11.0 Å². The third-order valence-corrected chi connectivity index (χ3v) is 9.00. The number of carbonyl (C=O) groups is 2. The van der Waals surface area contributed by atoms with Gasteiger partial charge in [0.1, 0.15) is 5.78 Å². The minimum Gasteiger partial charge on any atom is -0.475 e. The molecule has 1 aliphatic rings. The van der Waals surface area contributed by atoms with Crippen LogP contribution in [0.3, 0.4) is 0 Å². The molecule has 6 aromatic rings. The molecule has 0 fully saturated rings. The predicted molar refractivity (Wildman–Crippen MR) is 170 cm³/mol. The molecule has 5 aromatic carbocycles. The van der Waals surface area contributed by atoms with E-state index in [0.717, 1.165) is 50.4 Å². The molecule has 1 aliphatic carbocycles. The Balaban J connectivity index is 1.63. The molecule has 0 spiro atoms. The van der Waals surface area contributed by atoms with Gasteiger partial charge in [-0.2, -0.15) is 18.4 Å². The first-order valence-corrected chi connectivity index (χ1v) is 14.8. The standard InChI is InChI=1S/C38H24F3N3O3/c1-20-25-7-2-3-8-26(25)27-13-14-28-33(23-5-4-6-24(17-23)38(39,40)41)31(45)18-29(22-11-9-21(19-42)10-12-22)34(28)35(27)32(20)30-15-16-43-36(44-30)37(46)47/h2-17,29,33H,18H2,1H3,(H,46,47). The Morgan fingerprint density at radius 3 is 2.36 bits per heavy atom. The summed E-state index contributed by atoms with van der Waals surface area (Å²) in [7, 11) is 0. The SMILES string of the molecule is Cc1c(-c2ccnc(C(=O)O)n2)c2c3c(ccc2c2ccccc12)C(c1cccc(C(F)(F)F)c1)C(=O)CC3c1ccc(C#N)cc1. The second kappa shape index (κ2) is 11.2. The molecule has 47 heavy (non-hydrogen) atoms. The number of carboxylic acids is 1. The van der Waals surface area contributed by atoms with Gasteiger partial charge in [0.05, 0.1) is 28.8 Å². The summed E-state index contributed by atoms with van der Waals surface area (Å²) in [4.78, 5) is 34.4. The lowest BCUT2D eigenvalue weighted by molar-refractivity contribution is -0.137. The highest BCUT2D eigenvalue weighted by atomic mass is 19.4. The van der Waals surface area contributed by atoms with Crippen LogP contribution in [0, 0.1) is 18.3 Å². The first-order valence-electron chi connectivity index (χ1n) is 14.8. The van der Waals surface area contributed by atoms with Crippen molar-refractivity contribution >= 4 is 33.3 Å². The number of aryl methyl sites for hydroxylation is 1. The monoisotopic (exact) mass is 627 g/mol. The summed E-state index contributed by atoms with van der Waals surface area (Å²) in [5, 5.41) is 22.6. The van der Waals surface area contributed by atoms with E-state index in [1.165, 1.54) is 12.3 Å². The molecule has 6 nitrogen and oxygen atoms in total. The minimum absolute atomic E-state index is 0.00557. The Morgan fingerprint density at radius 1 is 0.915 bits per heavy atom. The zero-order chi connectivity index (χ0) is 33.0. The molecule has 0 saturated carbocycles. The van der Waals surface area contributed by atoms with Crippen LogP contribution in [0.5, 0.6) is 0 Å². The van der Waals surface area contributed by atoms with Crippen LogP contribution >= 0.6 is 0 Å². The molecule has 0 radical (unpaired) electrons. The number of carboxylic acid groups (broad SMARTS) is 1. The van der Waals surface area contributed by atoms with E-state index in [1.54, 1.807) is 36.4 Å². The van der Waals surface area contributed by atoms with Gasteiger partial charge in [-0.05, 0) is 80.6 Å². The Bertz CT molecular complexity index is 2310. The maximum Gasteiger partial charge on any atom is 0.416 e. The summed E-state index contributed by atoms with van der Waals surface area (Å²) in [6.45, 7) is 1.92. The average Bonchev–Trinajstić information content (AvgIpc) is 3.07. The summed E-state index contributed by atoms with van der Waals surface area (Å²) < 4.78 is 41.5. The normalized spacial score (nSPS) is 16.2.